The van der Waals surface area contributed by atoms with E-state index < -0.39 is 0 Å². The van der Waals surface area contributed by atoms with Crippen molar-refractivity contribution in [2.45, 2.75) is 52.5 Å². The Morgan fingerprint density at radius 2 is 2.25 bits per heavy atom. The van der Waals surface area contributed by atoms with Gasteiger partial charge in [0, 0.05) is 11.6 Å². The van der Waals surface area contributed by atoms with Crippen LogP contribution in [0.5, 0.6) is 0 Å². The van der Waals surface area contributed by atoms with Crippen LogP contribution in [0.4, 0.5) is 10.8 Å². The molecule has 0 aliphatic heterocycles. The van der Waals surface area contributed by atoms with Gasteiger partial charge in [-0.15, -0.1) is 0 Å². The summed E-state index contributed by atoms with van der Waals surface area (Å²) in [6, 6.07) is 0.585. The molecule has 1 atom stereocenters. The van der Waals surface area contributed by atoms with Gasteiger partial charge in [-0.05, 0) is 43.1 Å². The highest BCUT2D eigenvalue weighted by molar-refractivity contribution is 7.10. The third kappa shape index (κ3) is 2.48. The second-order valence-electron chi connectivity index (χ2n) is 5.62. The van der Waals surface area contributed by atoms with E-state index in [9.17, 15) is 0 Å². The van der Waals surface area contributed by atoms with Crippen LogP contribution in [0.15, 0.2) is 0 Å². The van der Waals surface area contributed by atoms with Gasteiger partial charge in [-0.1, -0.05) is 20.3 Å². The largest absolute Gasteiger partial charge is 0.383 e. The van der Waals surface area contributed by atoms with Crippen molar-refractivity contribution in [2.24, 2.45) is 5.41 Å². The number of nitrogen functional groups attached to an aromatic ring is 1. The van der Waals surface area contributed by atoms with E-state index in [0.717, 1.165) is 10.6 Å². The van der Waals surface area contributed by atoms with E-state index in [-0.39, 0.29) is 0 Å². The maximum Gasteiger partial charge on any atom is 0.142 e. The maximum absolute atomic E-state index is 5.76. The van der Waals surface area contributed by atoms with E-state index in [2.05, 4.69) is 23.5 Å². The number of aromatic nitrogens is 1. The van der Waals surface area contributed by atoms with Crippen molar-refractivity contribution in [1.82, 2.24) is 4.37 Å². The van der Waals surface area contributed by atoms with Crippen LogP contribution in [-0.4, -0.2) is 10.4 Å². The van der Waals surface area contributed by atoms with Gasteiger partial charge in [-0.2, -0.15) is 4.37 Å². The summed E-state index contributed by atoms with van der Waals surface area (Å²) in [5, 5.41) is 4.75. The van der Waals surface area contributed by atoms with Gasteiger partial charge >= 0.3 is 0 Å². The topological polar surface area (TPSA) is 50.9 Å². The predicted molar refractivity (Wildman–Crippen MR) is 70.9 cm³/mol. The minimum absolute atomic E-state index is 0.472. The molecule has 1 aromatic rings. The molecular formula is C12H21N3S. The van der Waals surface area contributed by atoms with E-state index in [4.69, 9.17) is 5.73 Å². The quantitative estimate of drug-likeness (QED) is 0.831. The number of anilines is 2. The number of hydrogen-bond donors (Lipinski definition) is 2. The Labute approximate surface area is 102 Å². The van der Waals surface area contributed by atoms with Gasteiger partial charge in [-0.25, -0.2) is 0 Å². The molecule has 2 rings (SSSR count). The Bertz CT molecular complexity index is 370. The number of nitrogens with two attached hydrogens (primary N) is 1. The first kappa shape index (κ1) is 11.7. The Balaban J connectivity index is 2.02. The Hall–Kier alpha value is -0.770. The van der Waals surface area contributed by atoms with E-state index in [1.165, 1.54) is 37.2 Å². The van der Waals surface area contributed by atoms with Crippen LogP contribution >= 0.6 is 11.5 Å². The van der Waals surface area contributed by atoms with Crippen molar-refractivity contribution in [3.63, 3.8) is 0 Å². The Morgan fingerprint density at radius 3 is 2.81 bits per heavy atom. The molecule has 1 fully saturated rings. The summed E-state index contributed by atoms with van der Waals surface area (Å²) in [6.07, 6.45) is 5.16. The second-order valence-corrected chi connectivity index (χ2v) is 6.40. The van der Waals surface area contributed by atoms with Crippen molar-refractivity contribution in [3.8, 4) is 0 Å². The second kappa shape index (κ2) is 4.24. The molecule has 16 heavy (non-hydrogen) atoms. The van der Waals surface area contributed by atoms with Gasteiger partial charge in [0.25, 0.3) is 0 Å². The molecule has 1 heterocycles. The van der Waals surface area contributed by atoms with Gasteiger partial charge in [0.1, 0.15) is 10.8 Å². The lowest BCUT2D eigenvalue weighted by Gasteiger charge is -2.35. The number of nitrogens with one attached hydrogen (secondary N) is 1. The average Bonchev–Trinajstić information content (AvgIpc) is 2.48. The van der Waals surface area contributed by atoms with Crippen molar-refractivity contribution < 1.29 is 0 Å². The summed E-state index contributed by atoms with van der Waals surface area (Å²) < 4.78 is 4.17. The van der Waals surface area contributed by atoms with E-state index in [1.54, 1.807) is 0 Å². The van der Waals surface area contributed by atoms with Gasteiger partial charge in [0.15, 0.2) is 0 Å². The molecule has 4 heteroatoms. The molecular weight excluding hydrogens is 218 g/mol. The fourth-order valence-corrected chi connectivity index (χ4v) is 3.28. The lowest BCUT2D eigenvalue weighted by Crippen LogP contribution is -2.31. The standard InChI is InChI=1S/C12H21N3S/c1-8-10(13)15-16-11(8)14-9-5-4-6-12(2,3)7-9/h9,14H,4-7H2,1-3H3,(H2,13,15). The fourth-order valence-electron chi connectivity index (χ4n) is 2.49. The molecule has 0 amide bonds. The van der Waals surface area contributed by atoms with Crippen LogP contribution in [0.1, 0.15) is 45.1 Å². The summed E-state index contributed by atoms with van der Waals surface area (Å²) in [5.74, 6) is 0.669. The average molecular weight is 239 g/mol. The highest BCUT2D eigenvalue weighted by Gasteiger charge is 2.28. The van der Waals surface area contributed by atoms with Gasteiger partial charge in [-0.3, -0.25) is 0 Å². The predicted octanol–water partition coefficient (Wildman–Crippen LogP) is 3.41. The van der Waals surface area contributed by atoms with E-state index >= 15 is 0 Å². The molecule has 3 nitrogen and oxygen atoms in total. The van der Waals surface area contributed by atoms with Crippen LogP contribution in [-0.2, 0) is 0 Å². The zero-order valence-corrected chi connectivity index (χ0v) is 11.2. The summed E-state index contributed by atoms with van der Waals surface area (Å²) in [5.41, 5.74) is 7.34. The van der Waals surface area contributed by atoms with Crippen molar-refractivity contribution in [3.05, 3.63) is 5.56 Å². The van der Waals surface area contributed by atoms with Crippen LogP contribution in [0, 0.1) is 12.3 Å². The van der Waals surface area contributed by atoms with Crippen molar-refractivity contribution in [1.29, 1.82) is 0 Å². The SMILES string of the molecule is Cc1c(N)nsc1NC1CCCC(C)(C)C1. The van der Waals surface area contributed by atoms with Crippen molar-refractivity contribution >= 4 is 22.4 Å². The van der Waals surface area contributed by atoms with Crippen LogP contribution in [0.25, 0.3) is 0 Å². The highest BCUT2D eigenvalue weighted by Crippen LogP contribution is 2.37. The molecule has 1 aliphatic rings. The van der Waals surface area contributed by atoms with Crippen molar-refractivity contribution in [2.75, 3.05) is 11.1 Å². The molecule has 1 aliphatic carbocycles. The molecule has 1 unspecified atom stereocenters. The molecule has 0 aromatic carbocycles. The summed E-state index contributed by atoms with van der Waals surface area (Å²) in [6.45, 7) is 6.75. The molecule has 90 valence electrons. The molecule has 1 aromatic heterocycles. The van der Waals surface area contributed by atoms with Crippen LogP contribution in [0.3, 0.4) is 0 Å². The summed E-state index contributed by atoms with van der Waals surface area (Å²) in [4.78, 5) is 0. The van der Waals surface area contributed by atoms with Gasteiger partial charge < -0.3 is 11.1 Å². The molecule has 0 radical (unpaired) electrons. The third-order valence-electron chi connectivity index (χ3n) is 3.50. The first-order valence-corrected chi connectivity index (χ1v) is 6.73. The molecule has 3 N–H and O–H groups in total. The first-order chi connectivity index (χ1) is 7.48. The zero-order valence-electron chi connectivity index (χ0n) is 10.3. The lowest BCUT2D eigenvalue weighted by molar-refractivity contribution is 0.229. The highest BCUT2D eigenvalue weighted by atomic mass is 32.1. The lowest BCUT2D eigenvalue weighted by atomic mass is 9.75. The fraction of sp³-hybridized carbons (Fsp3) is 0.750. The smallest absolute Gasteiger partial charge is 0.142 e. The number of hydrogen-bond acceptors (Lipinski definition) is 4. The molecule has 0 spiro atoms. The van der Waals surface area contributed by atoms with E-state index in [1.807, 2.05) is 6.92 Å². The maximum atomic E-state index is 5.76. The van der Waals surface area contributed by atoms with Crippen LogP contribution < -0.4 is 11.1 Å². The zero-order chi connectivity index (χ0) is 11.8. The Morgan fingerprint density at radius 1 is 1.50 bits per heavy atom. The molecule has 1 saturated carbocycles. The first-order valence-electron chi connectivity index (χ1n) is 5.96. The minimum atomic E-state index is 0.472. The summed E-state index contributed by atoms with van der Waals surface area (Å²) in [7, 11) is 0. The number of nitrogens with zero attached hydrogens (tertiary/aromatic N) is 1. The Kier molecular flexibility index (Phi) is 3.10. The summed E-state index contributed by atoms with van der Waals surface area (Å²) >= 11 is 1.48. The molecule has 0 saturated heterocycles. The van der Waals surface area contributed by atoms with E-state index in [0.29, 0.717) is 17.3 Å². The number of rotatable bonds is 2. The normalized spacial score (nSPS) is 24.3. The monoisotopic (exact) mass is 239 g/mol. The van der Waals surface area contributed by atoms with Gasteiger partial charge in [0.2, 0.25) is 0 Å². The minimum Gasteiger partial charge on any atom is -0.383 e. The van der Waals surface area contributed by atoms with Gasteiger partial charge in [0.05, 0.1) is 0 Å². The van der Waals surface area contributed by atoms with Crippen LogP contribution in [0.2, 0.25) is 0 Å². The molecule has 0 bridgehead atoms. The third-order valence-corrected chi connectivity index (χ3v) is 4.40.